The second-order valence-electron chi connectivity index (χ2n) is 20.2. The van der Waals surface area contributed by atoms with Gasteiger partial charge in [-0.05, 0) is 31.1 Å². The normalized spacial score (nSPS) is 12.0. The Morgan fingerprint density at radius 1 is 0.306 bits per heavy atom. The van der Waals surface area contributed by atoms with Crippen LogP contribution in [0.4, 0.5) is 0 Å². The zero-order valence-electron chi connectivity index (χ0n) is 42.5. The maximum Gasteiger partial charge on any atom is 0.306 e. The summed E-state index contributed by atoms with van der Waals surface area (Å²) in [5.74, 6) is 0.807. The molecule has 0 saturated heterocycles. The van der Waals surface area contributed by atoms with Crippen molar-refractivity contribution < 1.29 is 28.6 Å². The molecule has 6 heteroatoms. The van der Waals surface area contributed by atoms with Gasteiger partial charge in [-0.15, -0.1) is 0 Å². The van der Waals surface area contributed by atoms with Gasteiger partial charge in [-0.25, -0.2) is 0 Å². The van der Waals surface area contributed by atoms with E-state index in [2.05, 4.69) is 34.6 Å². The summed E-state index contributed by atoms with van der Waals surface area (Å²) in [6.45, 7) is 11.4. The first-order valence-electron chi connectivity index (χ1n) is 27.7. The molecular weight excluding hydrogens is 769 g/mol. The summed E-state index contributed by atoms with van der Waals surface area (Å²) in [6.07, 6.45) is 50.9. The minimum atomic E-state index is -0.762. The van der Waals surface area contributed by atoms with Crippen molar-refractivity contribution >= 4 is 17.9 Å². The van der Waals surface area contributed by atoms with Crippen molar-refractivity contribution in [1.82, 2.24) is 0 Å². The highest BCUT2D eigenvalue weighted by atomic mass is 16.6. The van der Waals surface area contributed by atoms with E-state index in [0.717, 1.165) is 69.6 Å². The lowest BCUT2D eigenvalue weighted by atomic mass is 10.0. The minimum absolute atomic E-state index is 0.0632. The van der Waals surface area contributed by atoms with E-state index in [1.54, 1.807) is 0 Å². The molecule has 0 aromatic carbocycles. The first-order valence-corrected chi connectivity index (χ1v) is 27.7. The summed E-state index contributed by atoms with van der Waals surface area (Å²) >= 11 is 0. The van der Waals surface area contributed by atoms with Crippen LogP contribution in [0.5, 0.6) is 0 Å². The lowest BCUT2D eigenvalue weighted by Crippen LogP contribution is -2.30. The first kappa shape index (κ1) is 60.4. The molecule has 0 aliphatic carbocycles. The maximum absolute atomic E-state index is 12.8. The standard InChI is InChI=1S/C56H108O6/c1-6-7-8-9-10-11-12-13-14-15-16-20-26-31-36-41-46-54(57)60-49-53(62-56(59)48-43-38-33-28-23-22-25-30-35-40-45-52(4)5)50-61-55(58)47-42-37-32-27-21-18-17-19-24-29-34-39-44-51(2)3/h51-53H,6-50H2,1-5H3/t53-/m1/s1. The Labute approximate surface area is 387 Å². The molecule has 0 unspecified atom stereocenters. The zero-order chi connectivity index (χ0) is 45.4. The van der Waals surface area contributed by atoms with Crippen molar-refractivity contribution in [3.8, 4) is 0 Å². The Morgan fingerprint density at radius 3 is 0.790 bits per heavy atom. The molecule has 0 rings (SSSR count). The van der Waals surface area contributed by atoms with Crippen LogP contribution >= 0.6 is 0 Å². The molecule has 368 valence electrons. The number of unbranched alkanes of at least 4 members (excludes halogenated alkanes) is 35. The summed E-state index contributed by atoms with van der Waals surface area (Å²) in [7, 11) is 0. The third-order valence-corrected chi connectivity index (χ3v) is 12.7. The van der Waals surface area contributed by atoms with Crippen LogP contribution < -0.4 is 0 Å². The summed E-state index contributed by atoms with van der Waals surface area (Å²) in [6, 6.07) is 0. The van der Waals surface area contributed by atoms with Gasteiger partial charge in [0.2, 0.25) is 0 Å². The van der Waals surface area contributed by atoms with Crippen LogP contribution in [0.15, 0.2) is 0 Å². The van der Waals surface area contributed by atoms with E-state index in [-0.39, 0.29) is 31.1 Å². The van der Waals surface area contributed by atoms with Gasteiger partial charge in [0.1, 0.15) is 13.2 Å². The summed E-state index contributed by atoms with van der Waals surface area (Å²) in [4.78, 5) is 38.1. The highest BCUT2D eigenvalue weighted by molar-refractivity contribution is 5.71. The van der Waals surface area contributed by atoms with Gasteiger partial charge >= 0.3 is 17.9 Å². The van der Waals surface area contributed by atoms with Crippen molar-refractivity contribution in [1.29, 1.82) is 0 Å². The molecule has 0 aromatic heterocycles. The second-order valence-corrected chi connectivity index (χ2v) is 20.2. The molecule has 1 atom stereocenters. The topological polar surface area (TPSA) is 78.9 Å². The molecule has 0 aliphatic rings. The van der Waals surface area contributed by atoms with E-state index in [4.69, 9.17) is 14.2 Å². The summed E-state index contributed by atoms with van der Waals surface area (Å²) in [5.41, 5.74) is 0. The second kappa shape index (κ2) is 48.9. The molecule has 0 radical (unpaired) electrons. The van der Waals surface area contributed by atoms with Crippen LogP contribution in [0.3, 0.4) is 0 Å². The molecule has 0 spiro atoms. The Balaban J connectivity index is 4.30. The van der Waals surface area contributed by atoms with Crippen molar-refractivity contribution in [2.24, 2.45) is 11.8 Å². The quantitative estimate of drug-likeness (QED) is 0.0344. The van der Waals surface area contributed by atoms with Gasteiger partial charge in [0.05, 0.1) is 0 Å². The van der Waals surface area contributed by atoms with Crippen molar-refractivity contribution in [2.45, 2.75) is 317 Å². The van der Waals surface area contributed by atoms with E-state index < -0.39 is 6.10 Å². The third kappa shape index (κ3) is 49.4. The van der Waals surface area contributed by atoms with Crippen molar-refractivity contribution in [3.63, 3.8) is 0 Å². The molecule has 0 N–H and O–H groups in total. The predicted molar refractivity (Wildman–Crippen MR) is 266 cm³/mol. The van der Waals surface area contributed by atoms with Crippen LogP contribution in [0.2, 0.25) is 0 Å². The highest BCUT2D eigenvalue weighted by Crippen LogP contribution is 2.18. The zero-order valence-corrected chi connectivity index (χ0v) is 42.5. The highest BCUT2D eigenvalue weighted by Gasteiger charge is 2.19. The van der Waals surface area contributed by atoms with Crippen LogP contribution in [-0.2, 0) is 28.6 Å². The molecular formula is C56H108O6. The first-order chi connectivity index (χ1) is 30.2. The predicted octanol–water partition coefficient (Wildman–Crippen LogP) is 18.1. The van der Waals surface area contributed by atoms with Crippen LogP contribution in [-0.4, -0.2) is 37.2 Å². The SMILES string of the molecule is CCCCCCCCCCCCCCCCCCC(=O)OC[C@H](COC(=O)CCCCCCCCCCCCCCC(C)C)OC(=O)CCCCCCCCCCCCC(C)C. The fourth-order valence-electron chi connectivity index (χ4n) is 8.52. The maximum atomic E-state index is 12.8. The molecule has 0 heterocycles. The van der Waals surface area contributed by atoms with Gasteiger partial charge in [-0.3, -0.25) is 14.4 Å². The van der Waals surface area contributed by atoms with Gasteiger partial charge < -0.3 is 14.2 Å². The van der Waals surface area contributed by atoms with Crippen LogP contribution in [0.25, 0.3) is 0 Å². The van der Waals surface area contributed by atoms with Crippen LogP contribution in [0, 0.1) is 11.8 Å². The third-order valence-electron chi connectivity index (χ3n) is 12.7. The average molecular weight is 877 g/mol. The largest absolute Gasteiger partial charge is 0.462 e. The Hall–Kier alpha value is -1.59. The van der Waals surface area contributed by atoms with Gasteiger partial charge in [0.25, 0.3) is 0 Å². The van der Waals surface area contributed by atoms with E-state index in [0.29, 0.717) is 19.3 Å². The van der Waals surface area contributed by atoms with E-state index in [9.17, 15) is 14.4 Å². The van der Waals surface area contributed by atoms with E-state index in [1.165, 1.54) is 199 Å². The summed E-state index contributed by atoms with van der Waals surface area (Å²) < 4.78 is 16.9. The number of rotatable bonds is 50. The molecule has 0 saturated carbocycles. The number of esters is 3. The molecule has 62 heavy (non-hydrogen) atoms. The Kier molecular flexibility index (Phi) is 47.6. The van der Waals surface area contributed by atoms with Gasteiger partial charge in [-0.1, -0.05) is 272 Å². The minimum Gasteiger partial charge on any atom is -0.462 e. The van der Waals surface area contributed by atoms with E-state index in [1.807, 2.05) is 0 Å². The molecule has 0 aromatic rings. The monoisotopic (exact) mass is 877 g/mol. The lowest BCUT2D eigenvalue weighted by Gasteiger charge is -2.18. The van der Waals surface area contributed by atoms with Gasteiger partial charge in [0.15, 0.2) is 6.10 Å². The van der Waals surface area contributed by atoms with Gasteiger partial charge in [-0.2, -0.15) is 0 Å². The number of hydrogen-bond acceptors (Lipinski definition) is 6. The number of hydrogen-bond donors (Lipinski definition) is 0. The molecule has 0 fully saturated rings. The average Bonchev–Trinajstić information content (AvgIpc) is 3.24. The number of ether oxygens (including phenoxy) is 3. The Bertz CT molecular complexity index is 947. The fourth-order valence-corrected chi connectivity index (χ4v) is 8.52. The summed E-state index contributed by atoms with van der Waals surface area (Å²) in [5, 5.41) is 0. The van der Waals surface area contributed by atoms with E-state index >= 15 is 0 Å². The Morgan fingerprint density at radius 2 is 0.532 bits per heavy atom. The van der Waals surface area contributed by atoms with Crippen molar-refractivity contribution in [2.75, 3.05) is 13.2 Å². The smallest absolute Gasteiger partial charge is 0.306 e. The van der Waals surface area contributed by atoms with Gasteiger partial charge in [0, 0.05) is 19.3 Å². The molecule has 0 amide bonds. The fraction of sp³-hybridized carbons (Fsp3) is 0.946. The van der Waals surface area contributed by atoms with Crippen molar-refractivity contribution in [3.05, 3.63) is 0 Å². The number of carbonyl (C=O) groups is 3. The van der Waals surface area contributed by atoms with Crippen LogP contribution in [0.1, 0.15) is 311 Å². The molecule has 0 aliphatic heterocycles. The lowest BCUT2D eigenvalue weighted by molar-refractivity contribution is -0.167. The molecule has 0 bridgehead atoms. The molecule has 6 nitrogen and oxygen atoms in total. The number of carbonyl (C=O) groups excluding carboxylic acids is 3.